The van der Waals surface area contributed by atoms with E-state index in [2.05, 4.69) is 6.08 Å². The van der Waals surface area contributed by atoms with Gasteiger partial charge in [0.2, 0.25) is 0 Å². The minimum Gasteiger partial charge on any atom is -0.295 e. The van der Waals surface area contributed by atoms with Gasteiger partial charge in [0.1, 0.15) is 0 Å². The third-order valence-electron chi connectivity index (χ3n) is 2.41. The smallest absolute Gasteiger partial charge is 0.158 e. The molecule has 1 nitrogen and oxygen atoms in total. The van der Waals surface area contributed by atoms with E-state index < -0.39 is 0 Å². The fraction of sp³-hybridized carbons (Fsp3) is 0.625. The molecule has 48 valence electrons. The number of rotatable bonds is 0. The van der Waals surface area contributed by atoms with Crippen LogP contribution in [0.4, 0.5) is 0 Å². The summed E-state index contributed by atoms with van der Waals surface area (Å²) in [5.74, 6) is 1.51. The third-order valence-corrected chi connectivity index (χ3v) is 2.41. The van der Waals surface area contributed by atoms with Gasteiger partial charge in [-0.2, -0.15) is 0 Å². The predicted octanol–water partition coefficient (Wildman–Crippen LogP) is 1.54. The lowest BCUT2D eigenvalue weighted by Gasteiger charge is -2.09. The Kier molecular flexibility index (Phi) is 0.981. The molecule has 0 heterocycles. The fourth-order valence-electron chi connectivity index (χ4n) is 1.82. The molecule has 2 rings (SSSR count). The van der Waals surface area contributed by atoms with Gasteiger partial charge < -0.3 is 0 Å². The molecule has 0 saturated heterocycles. The van der Waals surface area contributed by atoms with Crippen LogP contribution in [0, 0.1) is 11.8 Å². The van der Waals surface area contributed by atoms with Crippen LogP contribution in [0.15, 0.2) is 12.2 Å². The number of ketones is 1. The topological polar surface area (TPSA) is 17.1 Å². The number of carbonyl (C=O) groups excluding carboxylic acids is 1. The zero-order valence-corrected chi connectivity index (χ0v) is 5.34. The summed E-state index contributed by atoms with van der Waals surface area (Å²) in [5, 5.41) is 0. The highest BCUT2D eigenvalue weighted by Crippen LogP contribution is 2.35. The summed E-state index contributed by atoms with van der Waals surface area (Å²) in [6, 6.07) is 0. The van der Waals surface area contributed by atoms with Crippen molar-refractivity contribution < 1.29 is 4.79 Å². The molecule has 0 amide bonds. The second-order valence-electron chi connectivity index (χ2n) is 3.03. The van der Waals surface area contributed by atoms with Gasteiger partial charge in [-0.3, -0.25) is 4.79 Å². The van der Waals surface area contributed by atoms with Gasteiger partial charge in [0.15, 0.2) is 5.78 Å². The summed E-state index contributed by atoms with van der Waals surface area (Å²) < 4.78 is 0. The Morgan fingerprint density at radius 2 is 2.33 bits per heavy atom. The molecule has 2 bridgehead atoms. The summed E-state index contributed by atoms with van der Waals surface area (Å²) >= 11 is 0. The molecule has 0 unspecified atom stereocenters. The van der Waals surface area contributed by atoms with E-state index >= 15 is 0 Å². The first-order chi connectivity index (χ1) is 4.36. The van der Waals surface area contributed by atoms with Crippen LogP contribution in [0.1, 0.15) is 19.3 Å². The first-order valence-electron chi connectivity index (χ1n) is 3.58. The molecule has 1 saturated carbocycles. The van der Waals surface area contributed by atoms with Crippen molar-refractivity contribution in [2.75, 3.05) is 0 Å². The van der Waals surface area contributed by atoms with Crippen molar-refractivity contribution in [3.8, 4) is 0 Å². The van der Waals surface area contributed by atoms with E-state index in [-0.39, 0.29) is 0 Å². The molecule has 0 aliphatic heterocycles. The number of carbonyl (C=O) groups is 1. The second kappa shape index (κ2) is 1.69. The van der Waals surface area contributed by atoms with Crippen LogP contribution >= 0.6 is 0 Å². The lowest BCUT2D eigenvalue weighted by molar-refractivity contribution is -0.118. The van der Waals surface area contributed by atoms with Crippen LogP contribution in [0.2, 0.25) is 0 Å². The Morgan fingerprint density at radius 1 is 1.44 bits per heavy atom. The van der Waals surface area contributed by atoms with Crippen LogP contribution in [-0.2, 0) is 4.79 Å². The minimum atomic E-state index is 0.365. The molecule has 2 aliphatic carbocycles. The molecule has 1 fully saturated rings. The standard InChI is InChI=1S/C8H10O/c9-8-4-2-6-1-3-7(8)5-6/h2,4,6-7H,1,3,5H2/t6-,7-/m0/s1. The Bertz CT molecular complexity index is 169. The SMILES string of the molecule is O=C1C=C[C@@H]2CC[C@H]1C2. The normalized spacial score (nSPS) is 39.8. The average molecular weight is 122 g/mol. The summed E-state index contributed by atoms with van der Waals surface area (Å²) in [6.45, 7) is 0. The van der Waals surface area contributed by atoms with Gasteiger partial charge in [0.05, 0.1) is 0 Å². The lowest BCUT2D eigenvalue weighted by Crippen LogP contribution is -2.11. The number of fused-ring (bicyclic) bond motifs is 2. The maximum atomic E-state index is 11.0. The molecule has 9 heavy (non-hydrogen) atoms. The maximum absolute atomic E-state index is 11.0. The van der Waals surface area contributed by atoms with E-state index in [1.807, 2.05) is 0 Å². The molecule has 1 heteroatoms. The monoisotopic (exact) mass is 122 g/mol. The van der Waals surface area contributed by atoms with Gasteiger partial charge in [0, 0.05) is 5.92 Å². The molecule has 2 aliphatic rings. The molecule has 0 aromatic heterocycles. The fourth-order valence-corrected chi connectivity index (χ4v) is 1.82. The number of hydrogen-bond acceptors (Lipinski definition) is 1. The lowest BCUT2D eigenvalue weighted by atomic mass is 9.95. The van der Waals surface area contributed by atoms with Crippen LogP contribution in [-0.4, -0.2) is 5.78 Å². The second-order valence-corrected chi connectivity index (χ2v) is 3.03. The number of hydrogen-bond donors (Lipinski definition) is 0. The molecule has 0 radical (unpaired) electrons. The maximum Gasteiger partial charge on any atom is 0.158 e. The van der Waals surface area contributed by atoms with Crippen LogP contribution in [0.3, 0.4) is 0 Å². The quantitative estimate of drug-likeness (QED) is 0.476. The zero-order valence-electron chi connectivity index (χ0n) is 5.34. The van der Waals surface area contributed by atoms with E-state index in [0.717, 1.165) is 18.8 Å². The van der Waals surface area contributed by atoms with Crippen molar-refractivity contribution in [1.29, 1.82) is 0 Å². The van der Waals surface area contributed by atoms with E-state index in [9.17, 15) is 4.79 Å². The van der Waals surface area contributed by atoms with Crippen LogP contribution in [0.5, 0.6) is 0 Å². The van der Waals surface area contributed by atoms with Gasteiger partial charge in [-0.1, -0.05) is 6.08 Å². The molecular weight excluding hydrogens is 112 g/mol. The van der Waals surface area contributed by atoms with Crippen molar-refractivity contribution in [3.63, 3.8) is 0 Å². The van der Waals surface area contributed by atoms with Gasteiger partial charge in [-0.05, 0) is 31.3 Å². The van der Waals surface area contributed by atoms with Gasteiger partial charge in [0.25, 0.3) is 0 Å². The van der Waals surface area contributed by atoms with E-state index in [1.165, 1.54) is 6.42 Å². The molecule has 0 aromatic carbocycles. The van der Waals surface area contributed by atoms with Crippen molar-refractivity contribution >= 4 is 5.78 Å². The van der Waals surface area contributed by atoms with Crippen molar-refractivity contribution in [2.45, 2.75) is 19.3 Å². The van der Waals surface area contributed by atoms with Crippen molar-refractivity contribution in [2.24, 2.45) is 11.8 Å². The molecule has 0 spiro atoms. The van der Waals surface area contributed by atoms with Crippen LogP contribution < -0.4 is 0 Å². The highest BCUT2D eigenvalue weighted by Gasteiger charge is 2.30. The largest absolute Gasteiger partial charge is 0.295 e. The molecular formula is C8H10O. The molecule has 0 aromatic rings. The number of allylic oxidation sites excluding steroid dienone is 2. The Balaban J connectivity index is 2.29. The summed E-state index contributed by atoms with van der Waals surface area (Å²) in [5.41, 5.74) is 0. The van der Waals surface area contributed by atoms with E-state index in [4.69, 9.17) is 0 Å². The van der Waals surface area contributed by atoms with Crippen molar-refractivity contribution in [3.05, 3.63) is 12.2 Å². The van der Waals surface area contributed by atoms with Gasteiger partial charge in [-0.15, -0.1) is 0 Å². The zero-order chi connectivity index (χ0) is 6.27. The van der Waals surface area contributed by atoms with Gasteiger partial charge >= 0.3 is 0 Å². The third kappa shape index (κ3) is 0.716. The summed E-state index contributed by atoms with van der Waals surface area (Å²) in [6.07, 6.45) is 7.36. The molecule has 2 atom stereocenters. The summed E-state index contributed by atoms with van der Waals surface area (Å²) in [7, 11) is 0. The predicted molar refractivity (Wildman–Crippen MR) is 35.0 cm³/mol. The van der Waals surface area contributed by atoms with Crippen molar-refractivity contribution in [1.82, 2.24) is 0 Å². The van der Waals surface area contributed by atoms with E-state index in [0.29, 0.717) is 11.7 Å². The van der Waals surface area contributed by atoms with E-state index in [1.54, 1.807) is 6.08 Å². The highest BCUT2D eigenvalue weighted by atomic mass is 16.1. The Hall–Kier alpha value is -0.590. The molecule has 0 N–H and O–H groups in total. The first-order valence-corrected chi connectivity index (χ1v) is 3.58. The van der Waals surface area contributed by atoms with Crippen LogP contribution in [0.25, 0.3) is 0 Å². The first kappa shape index (κ1) is 5.21. The minimum absolute atomic E-state index is 0.365. The summed E-state index contributed by atoms with van der Waals surface area (Å²) in [4.78, 5) is 11.0. The Labute approximate surface area is 54.8 Å². The Morgan fingerprint density at radius 3 is 3.11 bits per heavy atom. The van der Waals surface area contributed by atoms with Gasteiger partial charge in [-0.25, -0.2) is 0 Å². The average Bonchev–Trinajstić information content (AvgIpc) is 2.25. The highest BCUT2D eigenvalue weighted by molar-refractivity contribution is 5.92.